The van der Waals surface area contributed by atoms with Crippen LogP contribution in [-0.2, 0) is 22.7 Å². The van der Waals surface area contributed by atoms with Crippen LogP contribution < -0.4 is 16.2 Å². The highest BCUT2D eigenvalue weighted by atomic mass is 16.2. The van der Waals surface area contributed by atoms with Crippen LogP contribution in [0.1, 0.15) is 61.5 Å². The summed E-state index contributed by atoms with van der Waals surface area (Å²) in [4.78, 5) is 44.8. The fraction of sp³-hybridized carbons (Fsp3) is 0.429. The van der Waals surface area contributed by atoms with Gasteiger partial charge in [-0.1, -0.05) is 43.2 Å². The molecule has 36 heavy (non-hydrogen) atoms. The van der Waals surface area contributed by atoms with Gasteiger partial charge in [0.15, 0.2) is 0 Å². The Morgan fingerprint density at radius 3 is 2.42 bits per heavy atom. The molecule has 2 N–H and O–H groups in total. The van der Waals surface area contributed by atoms with Gasteiger partial charge in [0.1, 0.15) is 11.9 Å². The Labute approximate surface area is 210 Å². The van der Waals surface area contributed by atoms with E-state index in [-0.39, 0.29) is 24.3 Å². The number of piperidine rings is 1. The monoisotopic (exact) mass is 487 g/mol. The summed E-state index contributed by atoms with van der Waals surface area (Å²) < 4.78 is 1.42. The minimum Gasteiger partial charge on any atom is -0.380 e. The number of aryl methyl sites for hydroxylation is 1. The first-order chi connectivity index (χ1) is 17.5. The number of carbonyl (C=O) groups excluding carboxylic acids is 2. The van der Waals surface area contributed by atoms with Crippen molar-refractivity contribution in [3.8, 4) is 0 Å². The van der Waals surface area contributed by atoms with Crippen LogP contribution in [0, 0.1) is 6.92 Å². The molecule has 2 aliphatic heterocycles. The van der Waals surface area contributed by atoms with Gasteiger partial charge in [-0.25, -0.2) is 4.98 Å². The molecule has 0 aliphatic carbocycles. The third-order valence-electron chi connectivity index (χ3n) is 7.24. The summed E-state index contributed by atoms with van der Waals surface area (Å²) in [5, 5.41) is 6.19. The Bertz CT molecular complexity index is 1320. The van der Waals surface area contributed by atoms with E-state index >= 15 is 0 Å². The summed E-state index contributed by atoms with van der Waals surface area (Å²) in [7, 11) is 0. The quantitative estimate of drug-likeness (QED) is 0.515. The molecule has 1 unspecified atom stereocenters. The average molecular weight is 488 g/mol. The average Bonchev–Trinajstić information content (AvgIpc) is 3.13. The summed E-state index contributed by atoms with van der Waals surface area (Å²) in [6.45, 7) is 5.62. The van der Waals surface area contributed by atoms with E-state index in [0.717, 1.165) is 12.1 Å². The second-order valence-corrected chi connectivity index (χ2v) is 9.86. The van der Waals surface area contributed by atoms with Gasteiger partial charge in [0.2, 0.25) is 11.8 Å². The van der Waals surface area contributed by atoms with Crippen LogP contribution >= 0.6 is 0 Å². The highest BCUT2D eigenvalue weighted by Gasteiger charge is 2.30. The van der Waals surface area contributed by atoms with Gasteiger partial charge in [0, 0.05) is 25.2 Å². The van der Waals surface area contributed by atoms with Crippen molar-refractivity contribution >= 4 is 28.4 Å². The third-order valence-corrected chi connectivity index (χ3v) is 7.24. The maximum Gasteiger partial charge on any atom is 0.264 e. The van der Waals surface area contributed by atoms with Crippen LogP contribution in [-0.4, -0.2) is 39.4 Å². The van der Waals surface area contributed by atoms with E-state index in [1.165, 1.54) is 48.9 Å². The number of amides is 2. The first kappa shape index (κ1) is 24.2. The second-order valence-electron chi connectivity index (χ2n) is 9.86. The van der Waals surface area contributed by atoms with E-state index in [4.69, 9.17) is 0 Å². The molecule has 3 heterocycles. The van der Waals surface area contributed by atoms with E-state index in [1.807, 2.05) is 12.1 Å². The molecule has 8 nitrogen and oxygen atoms in total. The number of hydrogen-bond acceptors (Lipinski definition) is 6. The zero-order valence-electron chi connectivity index (χ0n) is 20.8. The number of likely N-dealkylation sites (tertiary alicyclic amines) is 1. The van der Waals surface area contributed by atoms with Crippen LogP contribution in [0.2, 0.25) is 0 Å². The standard InChI is InChI=1S/C28H33N5O3/c1-19-30-23-8-6-7-22(26(23)28(36)33(19)24-13-14-25(34)31-27(24)35)29-17-20-9-11-21(12-10-20)18-32-15-4-2-3-5-16-32/h6-12,24,29H,2-5,13-18H2,1H3,(H,31,34,35). The van der Waals surface area contributed by atoms with E-state index in [0.29, 0.717) is 29.0 Å². The Kier molecular flexibility index (Phi) is 7.13. The summed E-state index contributed by atoms with van der Waals surface area (Å²) in [6, 6.07) is 13.4. The smallest absolute Gasteiger partial charge is 0.264 e. The summed E-state index contributed by atoms with van der Waals surface area (Å²) in [6.07, 6.45) is 5.73. The molecular formula is C28H33N5O3. The predicted octanol–water partition coefficient (Wildman–Crippen LogP) is 3.67. The molecule has 0 spiro atoms. The maximum atomic E-state index is 13.6. The molecule has 2 amide bonds. The van der Waals surface area contributed by atoms with Gasteiger partial charge in [-0.2, -0.15) is 0 Å². The van der Waals surface area contributed by atoms with Crippen molar-refractivity contribution in [3.05, 3.63) is 69.8 Å². The van der Waals surface area contributed by atoms with Crippen molar-refractivity contribution in [2.24, 2.45) is 0 Å². The Hall–Kier alpha value is -3.52. The van der Waals surface area contributed by atoms with Crippen molar-refractivity contribution in [2.45, 2.75) is 64.6 Å². The lowest BCUT2D eigenvalue weighted by molar-refractivity contribution is -0.135. The molecule has 0 bridgehead atoms. The highest BCUT2D eigenvalue weighted by Crippen LogP contribution is 2.24. The van der Waals surface area contributed by atoms with Crippen LogP contribution in [0.15, 0.2) is 47.3 Å². The number of imide groups is 1. The lowest BCUT2D eigenvalue weighted by atomic mass is 10.1. The number of rotatable bonds is 6. The molecule has 0 radical (unpaired) electrons. The van der Waals surface area contributed by atoms with Gasteiger partial charge in [0.05, 0.1) is 10.9 Å². The SMILES string of the molecule is Cc1nc2cccc(NCc3ccc(CN4CCCCCC4)cc3)c2c(=O)n1C1CCC(=O)NC1=O. The van der Waals surface area contributed by atoms with Crippen LogP contribution in [0.5, 0.6) is 0 Å². The number of nitrogens with zero attached hydrogens (tertiary/aromatic N) is 3. The van der Waals surface area contributed by atoms with Gasteiger partial charge >= 0.3 is 0 Å². The molecule has 5 rings (SSSR count). The third kappa shape index (κ3) is 5.18. The molecule has 8 heteroatoms. The van der Waals surface area contributed by atoms with Crippen LogP contribution in [0.25, 0.3) is 10.9 Å². The fourth-order valence-corrected chi connectivity index (χ4v) is 5.31. The number of benzene rings is 2. The summed E-state index contributed by atoms with van der Waals surface area (Å²) in [5.74, 6) is -0.307. The van der Waals surface area contributed by atoms with E-state index < -0.39 is 11.9 Å². The number of hydrogen-bond donors (Lipinski definition) is 2. The Balaban J connectivity index is 1.34. The lowest BCUT2D eigenvalue weighted by Gasteiger charge is -2.24. The molecule has 2 aliphatic rings. The molecule has 1 aromatic heterocycles. The zero-order valence-corrected chi connectivity index (χ0v) is 20.8. The van der Waals surface area contributed by atoms with Gasteiger partial charge in [0.25, 0.3) is 5.56 Å². The fourth-order valence-electron chi connectivity index (χ4n) is 5.31. The van der Waals surface area contributed by atoms with Gasteiger partial charge in [-0.3, -0.25) is 29.2 Å². The molecule has 1 atom stereocenters. The largest absolute Gasteiger partial charge is 0.380 e. The molecule has 188 valence electrons. The molecule has 0 saturated carbocycles. The van der Waals surface area contributed by atoms with Crippen LogP contribution in [0.4, 0.5) is 5.69 Å². The minimum atomic E-state index is -0.739. The topological polar surface area (TPSA) is 96.3 Å². The van der Waals surface area contributed by atoms with E-state index in [1.54, 1.807) is 13.0 Å². The number of nitrogens with one attached hydrogen (secondary N) is 2. The van der Waals surface area contributed by atoms with Crippen molar-refractivity contribution in [3.63, 3.8) is 0 Å². The van der Waals surface area contributed by atoms with Crippen molar-refractivity contribution in [1.29, 1.82) is 0 Å². The van der Waals surface area contributed by atoms with E-state index in [2.05, 4.69) is 44.8 Å². The number of anilines is 1. The highest BCUT2D eigenvalue weighted by molar-refractivity contribution is 5.99. The molecule has 3 aromatic rings. The molecular weight excluding hydrogens is 454 g/mol. The zero-order chi connectivity index (χ0) is 25.1. The molecule has 2 saturated heterocycles. The molecule has 2 fully saturated rings. The first-order valence-electron chi connectivity index (χ1n) is 12.9. The van der Waals surface area contributed by atoms with Crippen LogP contribution in [0.3, 0.4) is 0 Å². The van der Waals surface area contributed by atoms with Crippen molar-refractivity contribution < 1.29 is 9.59 Å². The second kappa shape index (κ2) is 10.6. The number of carbonyl (C=O) groups is 2. The minimum absolute atomic E-state index is 0.202. The number of fused-ring (bicyclic) bond motifs is 1. The summed E-state index contributed by atoms with van der Waals surface area (Å²) >= 11 is 0. The predicted molar refractivity (Wildman–Crippen MR) is 140 cm³/mol. The van der Waals surface area contributed by atoms with Crippen molar-refractivity contribution in [1.82, 2.24) is 19.8 Å². The van der Waals surface area contributed by atoms with E-state index in [9.17, 15) is 14.4 Å². The van der Waals surface area contributed by atoms with Crippen molar-refractivity contribution in [2.75, 3.05) is 18.4 Å². The Morgan fingerprint density at radius 2 is 1.69 bits per heavy atom. The van der Waals surface area contributed by atoms with Gasteiger partial charge in [-0.15, -0.1) is 0 Å². The summed E-state index contributed by atoms with van der Waals surface area (Å²) in [5.41, 5.74) is 3.43. The van der Waals surface area contributed by atoms with Gasteiger partial charge in [-0.05, 0) is 62.5 Å². The lowest BCUT2D eigenvalue weighted by Crippen LogP contribution is -2.45. The Morgan fingerprint density at radius 1 is 0.972 bits per heavy atom. The molecule has 2 aromatic carbocycles. The normalized spacial score (nSPS) is 19.2. The maximum absolute atomic E-state index is 13.6. The first-order valence-corrected chi connectivity index (χ1v) is 12.9. The number of aromatic nitrogens is 2. The van der Waals surface area contributed by atoms with Gasteiger partial charge < -0.3 is 5.32 Å².